The molecule has 0 fully saturated rings. The second kappa shape index (κ2) is 11.3. The summed E-state index contributed by atoms with van der Waals surface area (Å²) in [5, 5.41) is 20.8. The predicted molar refractivity (Wildman–Crippen MR) is 79.2 cm³/mol. The van der Waals surface area contributed by atoms with Crippen LogP contribution in [-0.4, -0.2) is 66.1 Å². The van der Waals surface area contributed by atoms with Crippen molar-refractivity contribution in [1.82, 2.24) is 10.2 Å². The highest BCUT2D eigenvalue weighted by Gasteiger charge is 2.25. The Hall–Kier alpha value is -1.34. The number of urea groups is 1. The lowest BCUT2D eigenvalue weighted by Gasteiger charge is -2.31. The number of methoxy groups -OCH3 is 1. The van der Waals surface area contributed by atoms with E-state index in [0.717, 1.165) is 12.8 Å². The number of hydrogen-bond acceptors (Lipinski definition) is 4. The summed E-state index contributed by atoms with van der Waals surface area (Å²) in [6.45, 7) is 4.42. The largest absolute Gasteiger partial charge is 0.480 e. The fourth-order valence-electron chi connectivity index (χ4n) is 2.21. The van der Waals surface area contributed by atoms with E-state index >= 15 is 0 Å². The number of amides is 2. The molecule has 3 N–H and O–H groups in total. The van der Waals surface area contributed by atoms with Gasteiger partial charge in [-0.2, -0.15) is 0 Å². The summed E-state index contributed by atoms with van der Waals surface area (Å²) in [4.78, 5) is 25.0. The van der Waals surface area contributed by atoms with Gasteiger partial charge in [0.05, 0.1) is 6.61 Å². The van der Waals surface area contributed by atoms with E-state index in [2.05, 4.69) is 5.32 Å². The molecule has 0 rings (SSSR count). The summed E-state index contributed by atoms with van der Waals surface area (Å²) in [7, 11) is 1.55. The van der Waals surface area contributed by atoms with Crippen molar-refractivity contribution in [3.63, 3.8) is 0 Å². The molecular weight excluding hydrogens is 276 g/mol. The quantitative estimate of drug-likeness (QED) is 0.496. The second-order valence-electron chi connectivity index (χ2n) is 4.86. The van der Waals surface area contributed by atoms with Crippen LogP contribution in [0.4, 0.5) is 4.79 Å². The van der Waals surface area contributed by atoms with Crippen LogP contribution in [0.2, 0.25) is 0 Å². The van der Waals surface area contributed by atoms with Crippen molar-refractivity contribution in [2.24, 2.45) is 0 Å². The van der Waals surface area contributed by atoms with Crippen LogP contribution < -0.4 is 5.32 Å². The van der Waals surface area contributed by atoms with Crippen LogP contribution in [0, 0.1) is 0 Å². The SMILES string of the molecule is CCC(CC)N(CCO)C(=O)NC(CCCOC)C(=O)O. The molecule has 0 aliphatic rings. The maximum Gasteiger partial charge on any atom is 0.326 e. The van der Waals surface area contributed by atoms with Gasteiger partial charge in [0.15, 0.2) is 0 Å². The third kappa shape index (κ3) is 7.29. The number of ether oxygens (including phenoxy) is 1. The molecule has 21 heavy (non-hydrogen) atoms. The maximum absolute atomic E-state index is 12.2. The van der Waals surface area contributed by atoms with Crippen LogP contribution in [-0.2, 0) is 9.53 Å². The highest BCUT2D eigenvalue weighted by atomic mass is 16.5. The number of carbonyl (C=O) groups is 2. The number of carbonyl (C=O) groups excluding carboxylic acids is 1. The third-order valence-corrected chi connectivity index (χ3v) is 3.42. The molecule has 2 amide bonds. The van der Waals surface area contributed by atoms with Gasteiger partial charge in [-0.3, -0.25) is 0 Å². The molecule has 0 saturated heterocycles. The molecule has 0 radical (unpaired) electrons. The normalized spacial score (nSPS) is 12.2. The highest BCUT2D eigenvalue weighted by Crippen LogP contribution is 2.09. The topological polar surface area (TPSA) is 99.1 Å². The fourth-order valence-corrected chi connectivity index (χ4v) is 2.21. The molecule has 0 aromatic rings. The Labute approximate surface area is 126 Å². The van der Waals surface area contributed by atoms with Gasteiger partial charge in [-0.1, -0.05) is 13.8 Å². The summed E-state index contributed by atoms with van der Waals surface area (Å²) in [5.74, 6) is -1.06. The van der Waals surface area contributed by atoms with Crippen molar-refractivity contribution in [3.05, 3.63) is 0 Å². The van der Waals surface area contributed by atoms with Crippen molar-refractivity contribution < 1.29 is 24.5 Å². The fraction of sp³-hybridized carbons (Fsp3) is 0.857. The van der Waals surface area contributed by atoms with Crippen LogP contribution in [0.5, 0.6) is 0 Å². The highest BCUT2D eigenvalue weighted by molar-refractivity contribution is 5.82. The molecule has 0 aliphatic carbocycles. The third-order valence-electron chi connectivity index (χ3n) is 3.42. The minimum atomic E-state index is -1.06. The lowest BCUT2D eigenvalue weighted by molar-refractivity contribution is -0.139. The second-order valence-corrected chi connectivity index (χ2v) is 4.86. The molecule has 1 atom stereocenters. The van der Waals surface area contributed by atoms with E-state index in [9.17, 15) is 9.59 Å². The molecule has 0 spiro atoms. The molecule has 7 nitrogen and oxygen atoms in total. The molecule has 0 aromatic heterocycles. The number of rotatable bonds is 11. The summed E-state index contributed by atoms with van der Waals surface area (Å²) in [6, 6.07) is -1.39. The number of nitrogens with one attached hydrogen (secondary N) is 1. The molecule has 0 bridgehead atoms. The summed E-state index contributed by atoms with van der Waals surface area (Å²) < 4.78 is 4.89. The van der Waals surface area contributed by atoms with E-state index in [1.54, 1.807) is 7.11 Å². The van der Waals surface area contributed by atoms with Crippen LogP contribution in [0.3, 0.4) is 0 Å². The lowest BCUT2D eigenvalue weighted by atomic mass is 10.1. The molecule has 0 aliphatic heterocycles. The minimum Gasteiger partial charge on any atom is -0.480 e. The maximum atomic E-state index is 12.2. The van der Waals surface area contributed by atoms with E-state index in [1.165, 1.54) is 4.90 Å². The van der Waals surface area contributed by atoms with Gasteiger partial charge in [-0.15, -0.1) is 0 Å². The Morgan fingerprint density at radius 1 is 1.29 bits per heavy atom. The Bertz CT molecular complexity index is 308. The summed E-state index contributed by atoms with van der Waals surface area (Å²) in [5.41, 5.74) is 0. The number of carboxylic acid groups (broad SMARTS) is 1. The van der Waals surface area contributed by atoms with Gasteiger partial charge >= 0.3 is 12.0 Å². The minimum absolute atomic E-state index is 0.00873. The van der Waals surface area contributed by atoms with Gasteiger partial charge in [0.25, 0.3) is 0 Å². The van der Waals surface area contributed by atoms with Gasteiger partial charge in [0.2, 0.25) is 0 Å². The average Bonchev–Trinajstić information content (AvgIpc) is 2.46. The zero-order chi connectivity index (χ0) is 16.3. The van der Waals surface area contributed by atoms with Gasteiger partial charge in [0.1, 0.15) is 6.04 Å². The number of aliphatic hydroxyl groups excluding tert-OH is 1. The lowest BCUT2D eigenvalue weighted by Crippen LogP contribution is -2.52. The Balaban J connectivity index is 4.70. The van der Waals surface area contributed by atoms with Crippen molar-refractivity contribution in [3.8, 4) is 0 Å². The van der Waals surface area contributed by atoms with Crippen LogP contribution in [0.15, 0.2) is 0 Å². The summed E-state index contributed by atoms with van der Waals surface area (Å²) in [6.07, 6.45) is 2.38. The van der Waals surface area contributed by atoms with Crippen molar-refractivity contribution >= 4 is 12.0 Å². The van der Waals surface area contributed by atoms with Gasteiger partial charge in [-0.25, -0.2) is 9.59 Å². The smallest absolute Gasteiger partial charge is 0.326 e. The van der Waals surface area contributed by atoms with Crippen LogP contribution in [0.25, 0.3) is 0 Å². The zero-order valence-corrected chi connectivity index (χ0v) is 13.2. The molecule has 0 saturated carbocycles. The Kier molecular flexibility index (Phi) is 10.6. The van der Waals surface area contributed by atoms with E-state index < -0.39 is 18.0 Å². The number of nitrogens with zero attached hydrogens (tertiary/aromatic N) is 1. The number of aliphatic hydroxyl groups is 1. The standard InChI is InChI=1S/C14H28N2O5/c1-4-11(5-2)16(8-9-17)14(20)15-12(13(18)19)7-6-10-21-3/h11-12,17H,4-10H2,1-3H3,(H,15,20)(H,18,19). The number of aliphatic carboxylic acids is 1. The van der Waals surface area contributed by atoms with Gasteiger partial charge in [-0.05, 0) is 25.7 Å². The van der Waals surface area contributed by atoms with Crippen LogP contribution >= 0.6 is 0 Å². The molecule has 7 heteroatoms. The Morgan fingerprint density at radius 2 is 1.90 bits per heavy atom. The van der Waals surface area contributed by atoms with Crippen molar-refractivity contribution in [2.75, 3.05) is 26.9 Å². The van der Waals surface area contributed by atoms with E-state index in [0.29, 0.717) is 19.4 Å². The molecule has 1 unspecified atom stereocenters. The zero-order valence-electron chi connectivity index (χ0n) is 13.2. The van der Waals surface area contributed by atoms with Gasteiger partial charge in [0, 0.05) is 26.3 Å². The summed E-state index contributed by atoms with van der Waals surface area (Å²) >= 11 is 0. The molecule has 124 valence electrons. The van der Waals surface area contributed by atoms with Crippen LogP contribution in [0.1, 0.15) is 39.5 Å². The molecular formula is C14H28N2O5. The first-order valence-corrected chi connectivity index (χ1v) is 7.41. The first kappa shape index (κ1) is 19.7. The first-order chi connectivity index (χ1) is 10.0. The number of carboxylic acids is 1. The molecule has 0 heterocycles. The van der Waals surface area contributed by atoms with Gasteiger partial charge < -0.3 is 25.2 Å². The molecule has 0 aromatic carbocycles. The van der Waals surface area contributed by atoms with Crippen molar-refractivity contribution in [2.45, 2.75) is 51.6 Å². The van der Waals surface area contributed by atoms with E-state index in [-0.39, 0.29) is 19.2 Å². The first-order valence-electron chi connectivity index (χ1n) is 7.41. The van der Waals surface area contributed by atoms with E-state index in [4.69, 9.17) is 14.9 Å². The predicted octanol–water partition coefficient (Wildman–Crippen LogP) is 1.06. The van der Waals surface area contributed by atoms with Crippen molar-refractivity contribution in [1.29, 1.82) is 0 Å². The number of hydrogen-bond donors (Lipinski definition) is 3. The monoisotopic (exact) mass is 304 g/mol. The van der Waals surface area contributed by atoms with E-state index in [1.807, 2.05) is 13.8 Å². The average molecular weight is 304 g/mol. The Morgan fingerprint density at radius 3 is 2.33 bits per heavy atom.